The Labute approximate surface area is 233 Å². The average Bonchev–Trinajstić information content (AvgIpc) is 2.85. The lowest BCUT2D eigenvalue weighted by molar-refractivity contribution is -0.144. The maximum absolute atomic E-state index is 13.8. The van der Waals surface area contributed by atoms with Gasteiger partial charge in [0.15, 0.2) is 15.5 Å². The van der Waals surface area contributed by atoms with Crippen LogP contribution in [0.15, 0.2) is 63.5 Å². The Morgan fingerprint density at radius 2 is 1.74 bits per heavy atom. The van der Waals surface area contributed by atoms with Gasteiger partial charge in [0.05, 0.1) is 9.93 Å². The first kappa shape index (κ1) is 32.5. The van der Waals surface area contributed by atoms with Crippen LogP contribution in [0.25, 0.3) is 16.7 Å². The molecule has 0 amide bonds. The Morgan fingerprint density at radius 3 is 2.26 bits per heavy atom. The summed E-state index contributed by atoms with van der Waals surface area (Å²) in [4.78, 5) is 17.7. The standard InChI is InChI=1S/C28H34ClF3N2O4S/c1-6-19(14-15-24(35)38-17-16-34(3)4)25(26(29)27(33-2)28(30,31)32)21-12-10-20(11-13-21)22-8-7-9-23(18-22)39(5,36)37/h7-13,18-19H,6,14-17H2,1-5H3. The number of carbonyl (C=O) groups is 1. The fourth-order valence-electron chi connectivity index (χ4n) is 4.03. The van der Waals surface area contributed by atoms with Crippen LogP contribution >= 0.6 is 11.6 Å². The van der Waals surface area contributed by atoms with E-state index in [0.717, 1.165) is 13.3 Å². The van der Waals surface area contributed by atoms with Crippen molar-refractivity contribution in [2.75, 3.05) is 40.6 Å². The summed E-state index contributed by atoms with van der Waals surface area (Å²) in [5.41, 5.74) is 0.795. The van der Waals surface area contributed by atoms with Crippen LogP contribution in [0.3, 0.4) is 0 Å². The molecule has 2 rings (SSSR count). The zero-order valence-electron chi connectivity index (χ0n) is 22.7. The minimum atomic E-state index is -4.77. The number of nitrogens with zero attached hydrogens (tertiary/aromatic N) is 2. The van der Waals surface area contributed by atoms with Gasteiger partial charge in [-0.15, -0.1) is 0 Å². The quantitative estimate of drug-likeness (QED) is 0.217. The number of esters is 1. The Balaban J connectivity index is 2.48. The fraction of sp³-hybridized carbons (Fsp3) is 0.429. The third-order valence-corrected chi connectivity index (χ3v) is 7.62. The first-order valence-electron chi connectivity index (χ1n) is 12.3. The summed E-state index contributed by atoms with van der Waals surface area (Å²) >= 11 is 6.41. The first-order chi connectivity index (χ1) is 18.2. The summed E-state index contributed by atoms with van der Waals surface area (Å²) in [7, 11) is 1.31. The summed E-state index contributed by atoms with van der Waals surface area (Å²) in [5.74, 6) is -0.926. The van der Waals surface area contributed by atoms with Gasteiger partial charge in [0.25, 0.3) is 0 Å². The van der Waals surface area contributed by atoms with Crippen molar-refractivity contribution in [3.8, 4) is 11.1 Å². The van der Waals surface area contributed by atoms with Crippen LogP contribution in [0.2, 0.25) is 0 Å². The van der Waals surface area contributed by atoms with Crippen molar-refractivity contribution in [2.24, 2.45) is 10.9 Å². The van der Waals surface area contributed by atoms with E-state index in [1.807, 2.05) is 25.9 Å². The third kappa shape index (κ3) is 9.47. The Bertz CT molecular complexity index is 1300. The first-order valence-corrected chi connectivity index (χ1v) is 14.6. The van der Waals surface area contributed by atoms with Gasteiger partial charge >= 0.3 is 12.1 Å². The molecule has 0 heterocycles. The molecule has 0 spiro atoms. The Kier molecular flexibility index (Phi) is 11.8. The minimum Gasteiger partial charge on any atom is -0.464 e. The predicted molar refractivity (Wildman–Crippen MR) is 150 cm³/mol. The van der Waals surface area contributed by atoms with Gasteiger partial charge in [0, 0.05) is 26.3 Å². The van der Waals surface area contributed by atoms with Gasteiger partial charge in [0.2, 0.25) is 0 Å². The molecule has 6 nitrogen and oxygen atoms in total. The molecular weight excluding hydrogens is 553 g/mol. The van der Waals surface area contributed by atoms with Gasteiger partial charge in [0.1, 0.15) is 6.61 Å². The number of sulfone groups is 1. The van der Waals surface area contributed by atoms with E-state index in [2.05, 4.69) is 4.99 Å². The van der Waals surface area contributed by atoms with Crippen LogP contribution in [0, 0.1) is 5.92 Å². The normalized spacial score (nSPS) is 14.3. The predicted octanol–water partition coefficient (Wildman–Crippen LogP) is 6.25. The van der Waals surface area contributed by atoms with E-state index >= 15 is 0 Å². The topological polar surface area (TPSA) is 76.0 Å². The largest absolute Gasteiger partial charge is 0.464 e. The van der Waals surface area contributed by atoms with Crippen LogP contribution in [-0.4, -0.2) is 71.7 Å². The van der Waals surface area contributed by atoms with Crippen LogP contribution in [-0.2, 0) is 19.4 Å². The summed E-state index contributed by atoms with van der Waals surface area (Å²) in [6.07, 6.45) is -2.99. The monoisotopic (exact) mass is 586 g/mol. The van der Waals surface area contributed by atoms with Gasteiger partial charge < -0.3 is 9.64 Å². The number of hydrogen-bond donors (Lipinski definition) is 0. The van der Waals surface area contributed by atoms with E-state index in [1.54, 1.807) is 36.4 Å². The highest BCUT2D eigenvalue weighted by atomic mass is 35.5. The second kappa shape index (κ2) is 14.1. The molecule has 0 aromatic heterocycles. The third-order valence-electron chi connectivity index (χ3n) is 6.13. The lowest BCUT2D eigenvalue weighted by Gasteiger charge is -2.23. The number of allylic oxidation sites excluding steroid dienone is 2. The molecule has 0 aliphatic rings. The van der Waals surface area contributed by atoms with Crippen molar-refractivity contribution in [1.82, 2.24) is 4.90 Å². The highest BCUT2D eigenvalue weighted by molar-refractivity contribution is 7.90. The van der Waals surface area contributed by atoms with Crippen LogP contribution in [0.1, 0.15) is 31.7 Å². The molecule has 0 bridgehead atoms. The SMILES string of the molecule is CCC(CCC(=O)OCCN(C)C)C(=C(Cl)C(=NC)C(F)(F)F)c1ccc(-c2cccc(S(C)(=O)=O)c2)cc1. The molecule has 214 valence electrons. The lowest BCUT2D eigenvalue weighted by Crippen LogP contribution is -2.25. The van der Waals surface area contributed by atoms with Gasteiger partial charge in [-0.05, 0) is 67.3 Å². The van der Waals surface area contributed by atoms with E-state index in [0.29, 0.717) is 29.7 Å². The van der Waals surface area contributed by atoms with E-state index in [4.69, 9.17) is 16.3 Å². The van der Waals surface area contributed by atoms with Gasteiger partial charge in [-0.2, -0.15) is 13.2 Å². The van der Waals surface area contributed by atoms with Gasteiger partial charge in [-0.3, -0.25) is 9.79 Å². The highest BCUT2D eigenvalue weighted by Gasteiger charge is 2.39. The van der Waals surface area contributed by atoms with Crippen molar-refractivity contribution in [1.29, 1.82) is 0 Å². The molecule has 11 heteroatoms. The molecule has 0 saturated heterocycles. The Hall–Kier alpha value is -2.69. The van der Waals surface area contributed by atoms with E-state index < -0.39 is 38.6 Å². The molecule has 0 fully saturated rings. The molecule has 39 heavy (non-hydrogen) atoms. The minimum absolute atomic E-state index is 0.0145. The number of hydrogen-bond acceptors (Lipinski definition) is 6. The maximum Gasteiger partial charge on any atom is 0.434 e. The summed E-state index contributed by atoms with van der Waals surface area (Å²) in [5, 5.41) is -0.523. The summed E-state index contributed by atoms with van der Waals surface area (Å²) in [6, 6.07) is 13.1. The van der Waals surface area contributed by atoms with Crippen molar-refractivity contribution in [3.05, 3.63) is 59.1 Å². The zero-order chi connectivity index (χ0) is 29.4. The number of carbonyl (C=O) groups excluding carboxylic acids is 1. The highest BCUT2D eigenvalue weighted by Crippen LogP contribution is 2.38. The molecule has 2 aromatic rings. The van der Waals surface area contributed by atoms with Gasteiger partial charge in [-0.25, -0.2) is 8.42 Å². The molecule has 0 aliphatic heterocycles. The molecule has 0 aliphatic carbocycles. The molecule has 1 unspecified atom stereocenters. The Morgan fingerprint density at radius 1 is 1.10 bits per heavy atom. The number of ether oxygens (including phenoxy) is 1. The van der Waals surface area contributed by atoms with Crippen LogP contribution in [0.4, 0.5) is 13.2 Å². The number of benzene rings is 2. The van der Waals surface area contributed by atoms with Crippen LogP contribution < -0.4 is 0 Å². The number of halogens is 4. The molecule has 0 N–H and O–H groups in total. The second-order valence-corrected chi connectivity index (χ2v) is 11.7. The number of rotatable bonds is 12. The number of likely N-dealkylation sites (N-methyl/N-ethyl adjacent to an activating group) is 1. The van der Waals surface area contributed by atoms with Crippen LogP contribution in [0.5, 0.6) is 0 Å². The van der Waals surface area contributed by atoms with E-state index in [-0.39, 0.29) is 29.9 Å². The summed E-state index contributed by atoms with van der Waals surface area (Å²) < 4.78 is 70.5. The van der Waals surface area contributed by atoms with Gasteiger partial charge in [-0.1, -0.05) is 54.9 Å². The molecule has 0 saturated carbocycles. The van der Waals surface area contributed by atoms with Crippen molar-refractivity contribution in [3.63, 3.8) is 0 Å². The summed E-state index contributed by atoms with van der Waals surface area (Å²) in [6.45, 7) is 2.59. The molecular formula is C28H34ClF3N2O4S. The maximum atomic E-state index is 13.8. The number of aliphatic imine (C=N–C) groups is 1. The molecule has 0 radical (unpaired) electrons. The lowest BCUT2D eigenvalue weighted by atomic mass is 9.85. The smallest absolute Gasteiger partial charge is 0.434 e. The second-order valence-electron chi connectivity index (χ2n) is 9.34. The fourth-order valence-corrected chi connectivity index (χ4v) is 5.15. The molecule has 2 aromatic carbocycles. The number of alkyl halides is 3. The van der Waals surface area contributed by atoms with E-state index in [1.165, 1.54) is 12.1 Å². The van der Waals surface area contributed by atoms with Crippen molar-refractivity contribution >= 4 is 38.7 Å². The molecule has 1 atom stereocenters. The zero-order valence-corrected chi connectivity index (χ0v) is 24.3. The van der Waals surface area contributed by atoms with E-state index in [9.17, 15) is 26.4 Å². The van der Waals surface area contributed by atoms with Crippen molar-refractivity contribution in [2.45, 2.75) is 37.3 Å². The average molecular weight is 587 g/mol. The van der Waals surface area contributed by atoms with Crippen molar-refractivity contribution < 1.29 is 31.1 Å².